The fourth-order valence-electron chi connectivity index (χ4n) is 1.16. The summed E-state index contributed by atoms with van der Waals surface area (Å²) in [5.41, 5.74) is 0.862. The molecule has 0 amide bonds. The molecule has 0 bridgehead atoms. The first-order valence-corrected chi connectivity index (χ1v) is 5.81. The van der Waals surface area contributed by atoms with Gasteiger partial charge in [0.25, 0.3) is 0 Å². The maximum Gasteiger partial charge on any atom is 0.331 e. The second kappa shape index (κ2) is 8.05. The third-order valence-electron chi connectivity index (χ3n) is 2.05. The lowest BCUT2D eigenvalue weighted by Gasteiger charge is -2.03. The molecule has 0 fully saturated rings. The molecule has 1 rings (SSSR count). The van der Waals surface area contributed by atoms with Gasteiger partial charge >= 0.3 is 11.9 Å². The number of hydrogen-bond donors (Lipinski definition) is 1. The molecule has 5 heteroatoms. The molecule has 1 atom stereocenters. The van der Waals surface area contributed by atoms with Gasteiger partial charge in [-0.3, -0.25) is 0 Å². The Kier molecular flexibility index (Phi) is 6.32. The van der Waals surface area contributed by atoms with Crippen LogP contribution in [0.15, 0.2) is 42.5 Å². The van der Waals surface area contributed by atoms with Crippen LogP contribution in [-0.4, -0.2) is 29.8 Å². The average molecular weight is 264 g/mol. The van der Waals surface area contributed by atoms with E-state index in [9.17, 15) is 9.59 Å². The normalized spacial score (nSPS) is 12.1. The number of hydrogen-bond acceptors (Lipinski definition) is 5. The highest BCUT2D eigenvalue weighted by molar-refractivity contribution is 5.91. The molecule has 0 saturated carbocycles. The van der Waals surface area contributed by atoms with E-state index in [0.29, 0.717) is 0 Å². The third kappa shape index (κ3) is 7.00. The Labute approximate surface area is 111 Å². The molecule has 0 radical (unpaired) electrons. The first-order chi connectivity index (χ1) is 9.08. The summed E-state index contributed by atoms with van der Waals surface area (Å²) in [6.45, 7) is 1.53. The molecule has 102 valence electrons. The molecule has 1 unspecified atom stereocenters. The number of aliphatic hydroxyl groups is 1. The number of carbonyl (C=O) groups is 2. The van der Waals surface area contributed by atoms with Crippen molar-refractivity contribution in [1.29, 1.82) is 0 Å². The first-order valence-electron chi connectivity index (χ1n) is 5.81. The van der Waals surface area contributed by atoms with Crippen molar-refractivity contribution in [2.75, 3.05) is 6.61 Å². The van der Waals surface area contributed by atoms with Crippen LogP contribution in [0.1, 0.15) is 12.5 Å². The van der Waals surface area contributed by atoms with E-state index < -0.39 is 18.0 Å². The molecule has 5 nitrogen and oxygen atoms in total. The van der Waals surface area contributed by atoms with Gasteiger partial charge in [0.2, 0.25) is 0 Å². The largest absolute Gasteiger partial charge is 0.460 e. The number of rotatable bonds is 6. The van der Waals surface area contributed by atoms with Gasteiger partial charge in [0.1, 0.15) is 13.2 Å². The van der Waals surface area contributed by atoms with Crippen LogP contribution in [0.3, 0.4) is 0 Å². The van der Waals surface area contributed by atoms with Gasteiger partial charge in [-0.05, 0) is 12.5 Å². The Morgan fingerprint density at radius 2 is 1.74 bits per heavy atom. The van der Waals surface area contributed by atoms with Crippen molar-refractivity contribution in [3.63, 3.8) is 0 Å². The zero-order chi connectivity index (χ0) is 14.1. The monoisotopic (exact) mass is 264 g/mol. The average Bonchev–Trinajstić information content (AvgIpc) is 2.41. The molecular formula is C14H16O5. The Morgan fingerprint density at radius 3 is 2.32 bits per heavy atom. The minimum absolute atomic E-state index is 0.109. The van der Waals surface area contributed by atoms with Crippen LogP contribution in [0.4, 0.5) is 0 Å². The lowest BCUT2D eigenvalue weighted by atomic mass is 10.2. The molecule has 0 spiro atoms. The van der Waals surface area contributed by atoms with E-state index in [1.165, 1.54) is 6.92 Å². The Balaban J connectivity index is 2.29. The van der Waals surface area contributed by atoms with Gasteiger partial charge < -0.3 is 14.6 Å². The van der Waals surface area contributed by atoms with E-state index in [0.717, 1.165) is 17.7 Å². The van der Waals surface area contributed by atoms with Gasteiger partial charge in [0.15, 0.2) is 0 Å². The van der Waals surface area contributed by atoms with Crippen LogP contribution < -0.4 is 0 Å². The smallest absolute Gasteiger partial charge is 0.331 e. The molecule has 0 saturated heterocycles. The predicted octanol–water partition coefficient (Wildman–Crippen LogP) is 1.21. The summed E-state index contributed by atoms with van der Waals surface area (Å²) in [7, 11) is 0. The Morgan fingerprint density at radius 1 is 1.16 bits per heavy atom. The fourth-order valence-corrected chi connectivity index (χ4v) is 1.16. The van der Waals surface area contributed by atoms with Gasteiger partial charge in [-0.1, -0.05) is 30.3 Å². The molecular weight excluding hydrogens is 248 g/mol. The summed E-state index contributed by atoms with van der Waals surface area (Å²) in [6, 6.07) is 9.20. The number of benzene rings is 1. The molecule has 0 heterocycles. The van der Waals surface area contributed by atoms with Crippen LogP contribution in [-0.2, 0) is 25.7 Å². The highest BCUT2D eigenvalue weighted by atomic mass is 16.5. The van der Waals surface area contributed by atoms with Gasteiger partial charge in [0, 0.05) is 12.2 Å². The van der Waals surface area contributed by atoms with Crippen molar-refractivity contribution in [2.24, 2.45) is 0 Å². The summed E-state index contributed by atoms with van der Waals surface area (Å²) in [4.78, 5) is 22.4. The SMILES string of the molecule is CC(O)COC(=O)/C=C\C(=O)OCc1ccccc1. The van der Waals surface area contributed by atoms with Crippen molar-refractivity contribution in [1.82, 2.24) is 0 Å². The lowest BCUT2D eigenvalue weighted by molar-refractivity contribution is -0.142. The van der Waals surface area contributed by atoms with E-state index in [4.69, 9.17) is 9.84 Å². The van der Waals surface area contributed by atoms with E-state index in [-0.39, 0.29) is 13.2 Å². The summed E-state index contributed by atoms with van der Waals surface area (Å²) in [5, 5.41) is 8.90. The first kappa shape index (κ1) is 14.9. The van der Waals surface area contributed by atoms with Crippen LogP contribution in [0, 0.1) is 0 Å². The summed E-state index contributed by atoms with van der Waals surface area (Å²) in [6.07, 6.45) is 1.23. The minimum atomic E-state index is -0.734. The van der Waals surface area contributed by atoms with E-state index >= 15 is 0 Å². The van der Waals surface area contributed by atoms with Crippen LogP contribution in [0.5, 0.6) is 0 Å². The van der Waals surface area contributed by atoms with Crippen molar-refractivity contribution >= 4 is 11.9 Å². The van der Waals surface area contributed by atoms with Gasteiger partial charge in [-0.25, -0.2) is 9.59 Å². The molecule has 1 aromatic carbocycles. The zero-order valence-electron chi connectivity index (χ0n) is 10.6. The van der Waals surface area contributed by atoms with E-state index in [1.54, 1.807) is 0 Å². The van der Waals surface area contributed by atoms with E-state index in [2.05, 4.69) is 4.74 Å². The molecule has 1 N–H and O–H groups in total. The quantitative estimate of drug-likeness (QED) is 0.617. The second-order valence-corrected chi connectivity index (χ2v) is 3.91. The minimum Gasteiger partial charge on any atom is -0.460 e. The Bertz CT molecular complexity index is 436. The number of carbonyl (C=O) groups excluding carboxylic acids is 2. The number of esters is 2. The standard InChI is InChI=1S/C14H16O5/c1-11(15)9-18-13(16)7-8-14(17)19-10-12-5-3-2-4-6-12/h2-8,11,15H,9-10H2,1H3/b8-7-. The van der Waals surface area contributed by atoms with Crippen LogP contribution in [0.25, 0.3) is 0 Å². The molecule has 19 heavy (non-hydrogen) atoms. The van der Waals surface area contributed by atoms with Crippen molar-refractivity contribution in [2.45, 2.75) is 19.6 Å². The second-order valence-electron chi connectivity index (χ2n) is 3.91. The summed E-state index contributed by atoms with van der Waals surface area (Å²) < 4.78 is 9.55. The molecule has 0 aromatic heterocycles. The molecule has 0 aliphatic rings. The maximum absolute atomic E-state index is 11.3. The van der Waals surface area contributed by atoms with Crippen molar-refractivity contribution < 1.29 is 24.2 Å². The van der Waals surface area contributed by atoms with Crippen molar-refractivity contribution in [3.05, 3.63) is 48.0 Å². The fraction of sp³-hybridized carbons (Fsp3) is 0.286. The van der Waals surface area contributed by atoms with E-state index in [1.807, 2.05) is 30.3 Å². The predicted molar refractivity (Wildman–Crippen MR) is 68.0 cm³/mol. The molecule has 1 aromatic rings. The van der Waals surface area contributed by atoms with Crippen molar-refractivity contribution in [3.8, 4) is 0 Å². The third-order valence-corrected chi connectivity index (χ3v) is 2.05. The van der Waals surface area contributed by atoms with Crippen LogP contribution >= 0.6 is 0 Å². The Hall–Kier alpha value is -2.14. The molecule has 0 aliphatic carbocycles. The van der Waals surface area contributed by atoms with Gasteiger partial charge in [0.05, 0.1) is 6.10 Å². The number of ether oxygens (including phenoxy) is 2. The summed E-state index contributed by atoms with van der Waals surface area (Å²) >= 11 is 0. The summed E-state index contributed by atoms with van der Waals surface area (Å²) in [5.74, 6) is -1.32. The van der Waals surface area contributed by atoms with Gasteiger partial charge in [-0.15, -0.1) is 0 Å². The highest BCUT2D eigenvalue weighted by Gasteiger charge is 2.03. The van der Waals surface area contributed by atoms with Gasteiger partial charge in [-0.2, -0.15) is 0 Å². The maximum atomic E-state index is 11.3. The zero-order valence-corrected chi connectivity index (χ0v) is 10.6. The van der Waals surface area contributed by atoms with Crippen LogP contribution in [0.2, 0.25) is 0 Å². The molecule has 0 aliphatic heterocycles. The topological polar surface area (TPSA) is 72.8 Å². The number of aliphatic hydroxyl groups excluding tert-OH is 1. The highest BCUT2D eigenvalue weighted by Crippen LogP contribution is 2.00. The lowest BCUT2D eigenvalue weighted by Crippen LogP contribution is -2.14.